The van der Waals surface area contributed by atoms with Crippen LogP contribution in [0, 0.1) is 6.92 Å². The van der Waals surface area contributed by atoms with Crippen LogP contribution in [0.4, 0.5) is 0 Å². The molecule has 2 aromatic rings. The van der Waals surface area contributed by atoms with Crippen molar-refractivity contribution in [2.24, 2.45) is 0 Å². The number of aryl methyl sites for hydroxylation is 1. The summed E-state index contributed by atoms with van der Waals surface area (Å²) in [5.74, 6) is -0.882. The average molecular weight is 298 g/mol. The monoisotopic (exact) mass is 298 g/mol. The van der Waals surface area contributed by atoms with Crippen LogP contribution in [0.3, 0.4) is 0 Å². The lowest BCUT2D eigenvalue weighted by atomic mass is 10.1. The Kier molecular flexibility index (Phi) is 4.29. The number of rotatable bonds is 4. The second-order valence-corrected chi connectivity index (χ2v) is 6.07. The molecule has 116 valence electrons. The van der Waals surface area contributed by atoms with E-state index < -0.39 is 5.97 Å². The molecule has 22 heavy (non-hydrogen) atoms. The van der Waals surface area contributed by atoms with Gasteiger partial charge in [0.05, 0.1) is 5.56 Å². The Morgan fingerprint density at radius 1 is 1.18 bits per heavy atom. The fourth-order valence-electron chi connectivity index (χ4n) is 3.14. The van der Waals surface area contributed by atoms with Gasteiger partial charge >= 0.3 is 5.97 Å². The first-order chi connectivity index (χ1) is 10.6. The number of hydrogen-bond donors (Lipinski definition) is 1. The molecule has 1 N–H and O–H groups in total. The van der Waals surface area contributed by atoms with Crippen LogP contribution in [-0.2, 0) is 6.54 Å². The fraction of sp³-hybridized carbons (Fsp3) is 0.389. The van der Waals surface area contributed by atoms with Crippen LogP contribution >= 0.6 is 0 Å². The lowest BCUT2D eigenvalue weighted by Crippen LogP contribution is -2.28. The number of carbonyl (C=O) groups is 1. The number of hydrogen-bond acceptors (Lipinski definition) is 2. The molecule has 1 aliphatic heterocycles. The van der Waals surface area contributed by atoms with Crippen LogP contribution in [0.15, 0.2) is 36.7 Å². The van der Waals surface area contributed by atoms with Crippen molar-refractivity contribution in [3.63, 3.8) is 0 Å². The molecule has 0 amide bonds. The second kappa shape index (κ2) is 6.36. The molecule has 1 aliphatic rings. The minimum Gasteiger partial charge on any atom is -0.478 e. The van der Waals surface area contributed by atoms with E-state index in [2.05, 4.69) is 27.9 Å². The average Bonchev–Trinajstić information content (AvgIpc) is 2.96. The van der Waals surface area contributed by atoms with E-state index in [1.54, 1.807) is 12.1 Å². The van der Waals surface area contributed by atoms with Crippen molar-refractivity contribution in [3.8, 4) is 5.69 Å². The summed E-state index contributed by atoms with van der Waals surface area (Å²) in [5, 5.41) is 9.04. The molecule has 3 rings (SSSR count). The SMILES string of the molecule is Cc1cc(C(=O)O)ccc1-n1ccc(CN2CCCCC2)c1. The predicted molar refractivity (Wildman–Crippen MR) is 86.6 cm³/mol. The molecule has 0 atom stereocenters. The molecule has 0 spiro atoms. The van der Waals surface area contributed by atoms with Crippen LogP contribution in [0.25, 0.3) is 5.69 Å². The van der Waals surface area contributed by atoms with E-state index in [9.17, 15) is 4.79 Å². The molecule has 2 heterocycles. The van der Waals surface area contributed by atoms with Gasteiger partial charge in [0.15, 0.2) is 0 Å². The van der Waals surface area contributed by atoms with Crippen molar-refractivity contribution in [2.45, 2.75) is 32.7 Å². The zero-order chi connectivity index (χ0) is 15.5. The van der Waals surface area contributed by atoms with Crippen molar-refractivity contribution < 1.29 is 9.90 Å². The summed E-state index contributed by atoms with van der Waals surface area (Å²) in [7, 11) is 0. The Hall–Kier alpha value is -2.07. The molecule has 0 radical (unpaired) electrons. The molecule has 4 heteroatoms. The Morgan fingerprint density at radius 2 is 1.95 bits per heavy atom. The third-order valence-corrected chi connectivity index (χ3v) is 4.33. The largest absolute Gasteiger partial charge is 0.478 e. The molecule has 1 aromatic heterocycles. The van der Waals surface area contributed by atoms with Gasteiger partial charge in [-0.15, -0.1) is 0 Å². The van der Waals surface area contributed by atoms with Gasteiger partial charge in [0.2, 0.25) is 0 Å². The number of aromatic carboxylic acids is 1. The topological polar surface area (TPSA) is 45.5 Å². The number of carboxylic acid groups (broad SMARTS) is 1. The lowest BCUT2D eigenvalue weighted by molar-refractivity contribution is 0.0697. The number of carboxylic acids is 1. The fourth-order valence-corrected chi connectivity index (χ4v) is 3.14. The van der Waals surface area contributed by atoms with Crippen molar-refractivity contribution in [2.75, 3.05) is 13.1 Å². The number of nitrogens with zero attached hydrogens (tertiary/aromatic N) is 2. The van der Waals surface area contributed by atoms with Crippen molar-refractivity contribution in [1.29, 1.82) is 0 Å². The minimum absolute atomic E-state index is 0.335. The minimum atomic E-state index is -0.882. The molecule has 0 bridgehead atoms. The molecule has 0 aliphatic carbocycles. The van der Waals surface area contributed by atoms with Crippen LogP contribution in [-0.4, -0.2) is 33.6 Å². The number of benzene rings is 1. The quantitative estimate of drug-likeness (QED) is 0.940. The van der Waals surface area contributed by atoms with E-state index in [1.807, 2.05) is 13.0 Å². The number of piperidine rings is 1. The lowest BCUT2D eigenvalue weighted by Gasteiger charge is -2.25. The molecular weight excluding hydrogens is 276 g/mol. The Balaban J connectivity index is 1.77. The Labute approximate surface area is 131 Å². The van der Waals surface area contributed by atoms with Crippen LogP contribution < -0.4 is 0 Å². The van der Waals surface area contributed by atoms with Gasteiger partial charge in [-0.1, -0.05) is 6.42 Å². The summed E-state index contributed by atoms with van der Waals surface area (Å²) in [6.45, 7) is 5.33. The second-order valence-electron chi connectivity index (χ2n) is 6.07. The van der Waals surface area contributed by atoms with Gasteiger partial charge in [0, 0.05) is 24.6 Å². The van der Waals surface area contributed by atoms with Gasteiger partial charge in [-0.25, -0.2) is 4.79 Å². The van der Waals surface area contributed by atoms with Gasteiger partial charge in [-0.3, -0.25) is 4.90 Å². The summed E-state index contributed by atoms with van der Waals surface area (Å²) >= 11 is 0. The maximum atomic E-state index is 11.0. The van der Waals surface area contributed by atoms with Crippen LogP contribution in [0.5, 0.6) is 0 Å². The van der Waals surface area contributed by atoms with Crippen molar-refractivity contribution >= 4 is 5.97 Å². The standard InChI is InChI=1S/C18H22N2O2/c1-14-11-16(18(21)22)5-6-17(14)20-10-7-15(13-20)12-19-8-3-2-4-9-19/h5-7,10-11,13H,2-4,8-9,12H2,1H3,(H,21,22). The molecule has 4 nitrogen and oxygen atoms in total. The van der Waals surface area contributed by atoms with Crippen LogP contribution in [0.1, 0.15) is 40.7 Å². The molecular formula is C18H22N2O2. The zero-order valence-corrected chi connectivity index (χ0v) is 13.0. The van der Waals surface area contributed by atoms with Gasteiger partial charge in [-0.05, 0) is 68.2 Å². The van der Waals surface area contributed by atoms with Crippen molar-refractivity contribution in [3.05, 3.63) is 53.3 Å². The molecule has 1 aromatic carbocycles. The first-order valence-electron chi connectivity index (χ1n) is 7.87. The van der Waals surface area contributed by atoms with Crippen molar-refractivity contribution in [1.82, 2.24) is 9.47 Å². The zero-order valence-electron chi connectivity index (χ0n) is 13.0. The van der Waals surface area contributed by atoms with Crippen LogP contribution in [0.2, 0.25) is 0 Å². The number of aromatic nitrogens is 1. The highest BCUT2D eigenvalue weighted by Gasteiger charge is 2.12. The summed E-state index contributed by atoms with van der Waals surface area (Å²) in [4.78, 5) is 13.5. The summed E-state index contributed by atoms with van der Waals surface area (Å²) < 4.78 is 2.08. The molecule has 1 fully saturated rings. The highest BCUT2D eigenvalue weighted by molar-refractivity contribution is 5.88. The first-order valence-corrected chi connectivity index (χ1v) is 7.87. The number of likely N-dealkylation sites (tertiary alicyclic amines) is 1. The normalized spacial score (nSPS) is 15.9. The Bertz CT molecular complexity index is 669. The summed E-state index contributed by atoms with van der Waals surface area (Å²) in [5.41, 5.74) is 3.65. The van der Waals surface area contributed by atoms with Gasteiger partial charge in [-0.2, -0.15) is 0 Å². The maximum Gasteiger partial charge on any atom is 0.335 e. The smallest absolute Gasteiger partial charge is 0.335 e. The van der Waals surface area contributed by atoms with Gasteiger partial charge < -0.3 is 9.67 Å². The van der Waals surface area contributed by atoms with E-state index in [0.29, 0.717) is 5.56 Å². The van der Waals surface area contributed by atoms with Gasteiger partial charge in [0.25, 0.3) is 0 Å². The predicted octanol–water partition coefficient (Wildman–Crippen LogP) is 3.47. The third kappa shape index (κ3) is 3.22. The summed E-state index contributed by atoms with van der Waals surface area (Å²) in [6, 6.07) is 7.42. The first kappa shape index (κ1) is 14.9. The molecule has 1 saturated heterocycles. The maximum absolute atomic E-state index is 11.0. The third-order valence-electron chi connectivity index (χ3n) is 4.33. The van der Waals surface area contributed by atoms with E-state index >= 15 is 0 Å². The van der Waals surface area contributed by atoms with E-state index in [1.165, 1.54) is 37.9 Å². The summed E-state index contributed by atoms with van der Waals surface area (Å²) in [6.07, 6.45) is 8.17. The van der Waals surface area contributed by atoms with E-state index in [0.717, 1.165) is 17.8 Å². The highest BCUT2D eigenvalue weighted by Crippen LogP contribution is 2.19. The van der Waals surface area contributed by atoms with E-state index in [-0.39, 0.29) is 0 Å². The van der Waals surface area contributed by atoms with E-state index in [4.69, 9.17) is 5.11 Å². The highest BCUT2D eigenvalue weighted by atomic mass is 16.4. The molecule has 0 saturated carbocycles. The Morgan fingerprint density at radius 3 is 2.64 bits per heavy atom. The molecule has 0 unspecified atom stereocenters. The van der Waals surface area contributed by atoms with Gasteiger partial charge in [0.1, 0.15) is 0 Å².